The highest BCUT2D eigenvalue weighted by Gasteiger charge is 2.18. The Morgan fingerprint density at radius 1 is 0.971 bits per heavy atom. The molecule has 0 unspecified atom stereocenters. The average molecular weight is 467 g/mol. The molecule has 0 radical (unpaired) electrons. The number of hydrogen-bond acceptors (Lipinski definition) is 7. The first kappa shape index (κ1) is 20.7. The lowest BCUT2D eigenvalue weighted by atomic mass is 10.1. The van der Waals surface area contributed by atoms with E-state index >= 15 is 0 Å². The zero-order valence-corrected chi connectivity index (χ0v) is 19.2. The fourth-order valence-corrected chi connectivity index (χ4v) is 5.60. The SMILES string of the molecule is O=C(Nc1cnccc1N1CCNCC1)c1ccnc(-c2cccc3c2sc2ccccc23)n1. The number of amides is 1. The van der Waals surface area contributed by atoms with Gasteiger partial charge in [-0.1, -0.05) is 30.3 Å². The Balaban J connectivity index is 1.33. The molecule has 1 amide bonds. The zero-order valence-electron chi connectivity index (χ0n) is 18.4. The number of carbonyl (C=O) groups excluding carboxylic acids is 1. The van der Waals surface area contributed by atoms with E-state index < -0.39 is 0 Å². The molecule has 5 aromatic rings. The Morgan fingerprint density at radius 2 is 1.82 bits per heavy atom. The van der Waals surface area contributed by atoms with Crippen LogP contribution in [0.1, 0.15) is 10.5 Å². The normalized spacial score (nSPS) is 13.9. The van der Waals surface area contributed by atoms with Crippen LogP contribution >= 0.6 is 11.3 Å². The maximum Gasteiger partial charge on any atom is 0.274 e. The Kier molecular flexibility index (Phi) is 5.37. The molecule has 1 aliphatic rings. The summed E-state index contributed by atoms with van der Waals surface area (Å²) in [6.07, 6.45) is 5.08. The first-order valence-electron chi connectivity index (χ1n) is 11.2. The van der Waals surface area contributed by atoms with Crippen LogP contribution in [-0.2, 0) is 0 Å². The van der Waals surface area contributed by atoms with Gasteiger partial charge in [0.1, 0.15) is 5.69 Å². The number of piperazine rings is 1. The highest BCUT2D eigenvalue weighted by Crippen LogP contribution is 2.38. The van der Waals surface area contributed by atoms with Gasteiger partial charge in [0, 0.05) is 64.3 Å². The molecule has 34 heavy (non-hydrogen) atoms. The van der Waals surface area contributed by atoms with Crippen molar-refractivity contribution in [2.45, 2.75) is 0 Å². The number of fused-ring (bicyclic) bond motifs is 3. The second-order valence-electron chi connectivity index (χ2n) is 8.13. The minimum atomic E-state index is -0.281. The number of anilines is 2. The summed E-state index contributed by atoms with van der Waals surface area (Å²) in [7, 11) is 0. The molecule has 2 aromatic carbocycles. The lowest BCUT2D eigenvalue weighted by molar-refractivity contribution is 0.102. The third-order valence-electron chi connectivity index (χ3n) is 6.04. The molecule has 3 aromatic heterocycles. The molecule has 1 saturated heterocycles. The van der Waals surface area contributed by atoms with Gasteiger partial charge < -0.3 is 15.5 Å². The van der Waals surface area contributed by atoms with Gasteiger partial charge in [-0.05, 0) is 24.3 Å². The first-order chi connectivity index (χ1) is 16.8. The first-order valence-corrected chi connectivity index (χ1v) is 12.0. The number of hydrogen-bond donors (Lipinski definition) is 2. The lowest BCUT2D eigenvalue weighted by Gasteiger charge is -2.30. The van der Waals surface area contributed by atoms with Crippen LogP contribution in [0.5, 0.6) is 0 Å². The number of carbonyl (C=O) groups is 1. The molecule has 0 atom stereocenters. The summed E-state index contributed by atoms with van der Waals surface area (Å²) in [4.78, 5) is 28.8. The van der Waals surface area contributed by atoms with Crippen molar-refractivity contribution in [2.24, 2.45) is 0 Å². The summed E-state index contributed by atoms with van der Waals surface area (Å²) < 4.78 is 2.34. The molecule has 6 rings (SSSR count). The van der Waals surface area contributed by atoms with Gasteiger partial charge in [0.2, 0.25) is 0 Å². The van der Waals surface area contributed by atoms with E-state index in [1.807, 2.05) is 24.3 Å². The summed E-state index contributed by atoms with van der Waals surface area (Å²) in [6, 6.07) is 18.1. The largest absolute Gasteiger partial charge is 0.367 e. The van der Waals surface area contributed by atoms with Crippen LogP contribution in [0.2, 0.25) is 0 Å². The molecule has 0 bridgehead atoms. The Hall–Kier alpha value is -3.88. The summed E-state index contributed by atoms with van der Waals surface area (Å²) in [5, 5.41) is 8.75. The van der Waals surface area contributed by atoms with Gasteiger partial charge in [0.05, 0.1) is 17.6 Å². The minimum absolute atomic E-state index is 0.281. The predicted octanol–water partition coefficient (Wildman–Crippen LogP) is 4.57. The van der Waals surface area contributed by atoms with E-state index in [-0.39, 0.29) is 5.91 Å². The average Bonchev–Trinajstić information content (AvgIpc) is 3.28. The molecule has 7 nitrogen and oxygen atoms in total. The van der Waals surface area contributed by atoms with E-state index in [9.17, 15) is 4.79 Å². The lowest BCUT2D eigenvalue weighted by Crippen LogP contribution is -2.43. The number of nitrogens with zero attached hydrogens (tertiary/aromatic N) is 4. The zero-order chi connectivity index (χ0) is 22.9. The molecular formula is C26H22N6OS. The highest BCUT2D eigenvalue weighted by atomic mass is 32.1. The van der Waals surface area contributed by atoms with Gasteiger partial charge in [0.25, 0.3) is 5.91 Å². The molecule has 0 aliphatic carbocycles. The second kappa shape index (κ2) is 8.81. The maximum atomic E-state index is 13.2. The van der Waals surface area contributed by atoms with Crippen LogP contribution in [0.4, 0.5) is 11.4 Å². The number of thiophene rings is 1. The van der Waals surface area contributed by atoms with Crippen molar-refractivity contribution in [1.29, 1.82) is 0 Å². The topological polar surface area (TPSA) is 83.0 Å². The predicted molar refractivity (Wildman–Crippen MR) is 138 cm³/mol. The number of pyridine rings is 1. The van der Waals surface area contributed by atoms with Gasteiger partial charge in [-0.3, -0.25) is 9.78 Å². The monoisotopic (exact) mass is 466 g/mol. The smallest absolute Gasteiger partial charge is 0.274 e. The number of rotatable bonds is 4. The van der Waals surface area contributed by atoms with Crippen LogP contribution in [0.15, 0.2) is 73.2 Å². The van der Waals surface area contributed by atoms with Crippen molar-refractivity contribution >= 4 is 48.8 Å². The highest BCUT2D eigenvalue weighted by molar-refractivity contribution is 7.26. The molecular weight excluding hydrogens is 444 g/mol. The van der Waals surface area contributed by atoms with Crippen LogP contribution < -0.4 is 15.5 Å². The van der Waals surface area contributed by atoms with Crippen molar-refractivity contribution in [1.82, 2.24) is 20.3 Å². The van der Waals surface area contributed by atoms with Crippen molar-refractivity contribution in [2.75, 3.05) is 36.4 Å². The fraction of sp³-hybridized carbons (Fsp3) is 0.154. The molecule has 8 heteroatoms. The van der Waals surface area contributed by atoms with E-state index in [1.54, 1.807) is 36.0 Å². The van der Waals surface area contributed by atoms with Gasteiger partial charge in [-0.25, -0.2) is 9.97 Å². The summed E-state index contributed by atoms with van der Waals surface area (Å²) >= 11 is 1.72. The van der Waals surface area contributed by atoms with Gasteiger partial charge in [-0.15, -0.1) is 11.3 Å². The fourth-order valence-electron chi connectivity index (χ4n) is 4.39. The van der Waals surface area contributed by atoms with Crippen LogP contribution in [0.3, 0.4) is 0 Å². The quantitative estimate of drug-likeness (QED) is 0.404. The van der Waals surface area contributed by atoms with Gasteiger partial charge in [0.15, 0.2) is 5.82 Å². The Morgan fingerprint density at radius 3 is 2.74 bits per heavy atom. The van der Waals surface area contributed by atoms with Crippen LogP contribution in [0.25, 0.3) is 31.6 Å². The molecule has 168 valence electrons. The van der Waals surface area contributed by atoms with Crippen molar-refractivity contribution in [3.63, 3.8) is 0 Å². The second-order valence-corrected chi connectivity index (χ2v) is 9.18. The third-order valence-corrected chi connectivity index (χ3v) is 7.26. The van der Waals surface area contributed by atoms with E-state index in [4.69, 9.17) is 0 Å². The van der Waals surface area contributed by atoms with Crippen molar-refractivity contribution in [3.8, 4) is 11.4 Å². The van der Waals surface area contributed by atoms with E-state index in [0.29, 0.717) is 17.2 Å². The van der Waals surface area contributed by atoms with Crippen LogP contribution in [0, 0.1) is 0 Å². The third kappa shape index (κ3) is 3.76. The standard InChI is InChI=1S/C26H22N6OS/c33-26(31-21-16-28-10-9-22(21)32-14-12-27-13-15-32)20-8-11-29-25(30-20)19-6-3-5-18-17-4-1-2-7-23(17)34-24(18)19/h1-11,16,27H,12-15H2,(H,31,33). The molecule has 1 fully saturated rings. The molecule has 0 saturated carbocycles. The molecule has 0 spiro atoms. The van der Waals surface area contributed by atoms with E-state index in [0.717, 1.165) is 42.1 Å². The van der Waals surface area contributed by atoms with Gasteiger partial charge >= 0.3 is 0 Å². The van der Waals surface area contributed by atoms with Crippen LogP contribution in [-0.4, -0.2) is 47.0 Å². The maximum absolute atomic E-state index is 13.2. The number of benzene rings is 2. The summed E-state index contributed by atoms with van der Waals surface area (Å²) in [5.41, 5.74) is 2.89. The molecule has 1 aliphatic heterocycles. The summed E-state index contributed by atoms with van der Waals surface area (Å²) in [5.74, 6) is 0.259. The van der Waals surface area contributed by atoms with E-state index in [2.05, 4.69) is 54.8 Å². The molecule has 4 heterocycles. The Labute approximate surface area is 200 Å². The number of nitrogens with one attached hydrogen (secondary N) is 2. The molecule has 2 N–H and O–H groups in total. The number of aromatic nitrogens is 3. The van der Waals surface area contributed by atoms with Crippen molar-refractivity contribution < 1.29 is 4.79 Å². The van der Waals surface area contributed by atoms with E-state index in [1.165, 1.54) is 15.5 Å². The van der Waals surface area contributed by atoms with Gasteiger partial charge in [-0.2, -0.15) is 0 Å². The Bertz CT molecular complexity index is 1510. The van der Waals surface area contributed by atoms with Crippen molar-refractivity contribution in [3.05, 3.63) is 78.9 Å². The summed E-state index contributed by atoms with van der Waals surface area (Å²) in [6.45, 7) is 3.58. The minimum Gasteiger partial charge on any atom is -0.367 e.